The molecule has 2 aliphatic heterocycles. The molecule has 3 unspecified atom stereocenters. The van der Waals surface area contributed by atoms with Crippen LogP contribution in [0.25, 0.3) is 22.2 Å². The summed E-state index contributed by atoms with van der Waals surface area (Å²) in [7, 11) is 0. The van der Waals surface area contributed by atoms with E-state index < -0.39 is 12.1 Å². The summed E-state index contributed by atoms with van der Waals surface area (Å²) in [5, 5.41) is 18.9. The second kappa shape index (κ2) is 11.7. The van der Waals surface area contributed by atoms with Gasteiger partial charge in [0.05, 0.1) is 24.8 Å². The Morgan fingerprint density at radius 3 is 2.78 bits per heavy atom. The number of aromatic nitrogens is 1. The zero-order valence-corrected chi connectivity index (χ0v) is 20.6. The number of oxazole rings is 1. The van der Waals surface area contributed by atoms with E-state index in [1.807, 2.05) is 42.5 Å². The SMILES string of the molecule is N#CC(Cc1ccc(-c2ccc3oc(=O)n(CC4COCCN4)c3c2)cc1)NC(=O)C1CNCCCO1. The van der Waals surface area contributed by atoms with Crippen LogP contribution in [0.15, 0.2) is 51.7 Å². The van der Waals surface area contributed by atoms with Crippen LogP contribution in [0.1, 0.15) is 12.0 Å². The fourth-order valence-electron chi connectivity index (χ4n) is 4.72. The van der Waals surface area contributed by atoms with Gasteiger partial charge in [-0.15, -0.1) is 0 Å². The van der Waals surface area contributed by atoms with Crippen molar-refractivity contribution in [1.82, 2.24) is 20.5 Å². The van der Waals surface area contributed by atoms with E-state index in [2.05, 4.69) is 22.0 Å². The molecule has 0 radical (unpaired) electrons. The number of benzene rings is 2. The number of fused-ring (bicyclic) bond motifs is 1. The molecule has 3 heterocycles. The first kappa shape index (κ1) is 25.2. The first-order chi connectivity index (χ1) is 18.1. The Balaban J connectivity index is 1.27. The molecule has 5 rings (SSSR count). The number of nitriles is 1. The van der Waals surface area contributed by atoms with Crippen LogP contribution in [0.2, 0.25) is 0 Å². The molecular formula is C27H31N5O5. The van der Waals surface area contributed by atoms with Gasteiger partial charge in [-0.1, -0.05) is 30.3 Å². The first-order valence-corrected chi connectivity index (χ1v) is 12.7. The zero-order valence-electron chi connectivity index (χ0n) is 20.6. The fourth-order valence-corrected chi connectivity index (χ4v) is 4.72. The Kier molecular flexibility index (Phi) is 7.96. The molecule has 2 saturated heterocycles. The van der Waals surface area contributed by atoms with Crippen molar-refractivity contribution in [2.45, 2.75) is 37.6 Å². The van der Waals surface area contributed by atoms with Crippen LogP contribution >= 0.6 is 0 Å². The fraction of sp³-hybridized carbons (Fsp3) is 0.444. The van der Waals surface area contributed by atoms with Gasteiger partial charge in [0.1, 0.15) is 12.1 Å². The number of ether oxygens (including phenoxy) is 2. The van der Waals surface area contributed by atoms with Crippen molar-refractivity contribution in [3.63, 3.8) is 0 Å². The molecule has 0 saturated carbocycles. The predicted molar refractivity (Wildman–Crippen MR) is 137 cm³/mol. The van der Waals surface area contributed by atoms with Gasteiger partial charge >= 0.3 is 5.76 Å². The van der Waals surface area contributed by atoms with Gasteiger partial charge in [-0.05, 0) is 41.8 Å². The highest BCUT2D eigenvalue weighted by atomic mass is 16.5. The van der Waals surface area contributed by atoms with Gasteiger partial charge in [-0.3, -0.25) is 9.36 Å². The summed E-state index contributed by atoms with van der Waals surface area (Å²) in [6.07, 6.45) is 0.660. The lowest BCUT2D eigenvalue weighted by Crippen LogP contribution is -2.46. The van der Waals surface area contributed by atoms with Crippen molar-refractivity contribution in [3.05, 3.63) is 58.6 Å². The Morgan fingerprint density at radius 1 is 1.16 bits per heavy atom. The molecular weight excluding hydrogens is 474 g/mol. The maximum absolute atomic E-state index is 12.5. The minimum absolute atomic E-state index is 0.0501. The number of carbonyl (C=O) groups excluding carboxylic acids is 1. The van der Waals surface area contributed by atoms with Crippen molar-refractivity contribution in [3.8, 4) is 17.2 Å². The van der Waals surface area contributed by atoms with E-state index in [-0.39, 0.29) is 17.7 Å². The number of nitrogens with one attached hydrogen (secondary N) is 3. The van der Waals surface area contributed by atoms with Crippen LogP contribution in [0.5, 0.6) is 0 Å². The van der Waals surface area contributed by atoms with Gasteiger partial charge in [-0.2, -0.15) is 5.26 Å². The second-order valence-electron chi connectivity index (χ2n) is 9.40. The maximum atomic E-state index is 12.5. The molecule has 0 bridgehead atoms. The molecule has 0 aliphatic carbocycles. The minimum atomic E-state index is -0.653. The smallest absolute Gasteiger partial charge is 0.408 e. The number of morpholine rings is 1. The third-order valence-corrected chi connectivity index (χ3v) is 6.71. The average Bonchev–Trinajstić information content (AvgIpc) is 3.08. The minimum Gasteiger partial charge on any atom is -0.408 e. The lowest BCUT2D eigenvalue weighted by Gasteiger charge is -2.23. The largest absolute Gasteiger partial charge is 0.420 e. The van der Waals surface area contributed by atoms with Crippen LogP contribution in [0.4, 0.5) is 0 Å². The quantitative estimate of drug-likeness (QED) is 0.436. The summed E-state index contributed by atoms with van der Waals surface area (Å²) >= 11 is 0. The van der Waals surface area contributed by atoms with Crippen molar-refractivity contribution >= 4 is 17.0 Å². The van der Waals surface area contributed by atoms with Crippen LogP contribution in [0, 0.1) is 11.3 Å². The highest BCUT2D eigenvalue weighted by Gasteiger charge is 2.23. The molecule has 0 spiro atoms. The van der Waals surface area contributed by atoms with E-state index in [9.17, 15) is 14.9 Å². The van der Waals surface area contributed by atoms with Crippen LogP contribution in [0.3, 0.4) is 0 Å². The van der Waals surface area contributed by atoms with Gasteiger partial charge in [0, 0.05) is 38.7 Å². The maximum Gasteiger partial charge on any atom is 0.420 e. The van der Waals surface area contributed by atoms with E-state index in [1.54, 1.807) is 4.57 Å². The average molecular weight is 506 g/mol. The van der Waals surface area contributed by atoms with Crippen molar-refractivity contribution in [2.24, 2.45) is 0 Å². The summed E-state index contributed by atoms with van der Waals surface area (Å²) in [4.78, 5) is 25.0. The van der Waals surface area contributed by atoms with E-state index in [4.69, 9.17) is 13.9 Å². The summed E-state index contributed by atoms with van der Waals surface area (Å²) in [6, 6.07) is 15.1. The molecule has 10 heteroatoms. The van der Waals surface area contributed by atoms with Gasteiger partial charge in [0.2, 0.25) is 0 Å². The molecule has 1 aromatic heterocycles. The van der Waals surface area contributed by atoms with Crippen LogP contribution < -0.4 is 21.7 Å². The Labute approximate surface area is 214 Å². The zero-order chi connectivity index (χ0) is 25.6. The summed E-state index contributed by atoms with van der Waals surface area (Å²) < 4.78 is 18.2. The molecule has 194 valence electrons. The molecule has 37 heavy (non-hydrogen) atoms. The van der Waals surface area contributed by atoms with Gasteiger partial charge in [0.25, 0.3) is 5.91 Å². The molecule has 10 nitrogen and oxygen atoms in total. The highest BCUT2D eigenvalue weighted by Crippen LogP contribution is 2.25. The van der Waals surface area contributed by atoms with E-state index in [0.29, 0.717) is 44.9 Å². The van der Waals surface area contributed by atoms with Gasteiger partial charge < -0.3 is 29.8 Å². The van der Waals surface area contributed by atoms with Gasteiger partial charge in [0.15, 0.2) is 5.58 Å². The molecule has 3 atom stereocenters. The van der Waals surface area contributed by atoms with Crippen molar-refractivity contribution < 1.29 is 18.7 Å². The molecule has 2 fully saturated rings. The van der Waals surface area contributed by atoms with Crippen LogP contribution in [-0.4, -0.2) is 68.1 Å². The predicted octanol–water partition coefficient (Wildman–Crippen LogP) is 1.18. The normalized spacial score (nSPS) is 21.2. The van der Waals surface area contributed by atoms with Crippen molar-refractivity contribution in [2.75, 3.05) is 39.5 Å². The number of hydrogen-bond donors (Lipinski definition) is 3. The third kappa shape index (κ3) is 6.09. The highest BCUT2D eigenvalue weighted by molar-refractivity contribution is 5.82. The first-order valence-electron chi connectivity index (χ1n) is 12.7. The molecule has 1 amide bonds. The number of rotatable bonds is 7. The summed E-state index contributed by atoms with van der Waals surface area (Å²) in [5.41, 5.74) is 4.13. The standard InChI is InChI=1S/C27H31N5O5/c28-14-21(31-26(33)25-15-29-8-1-10-36-25)12-18-2-4-19(5-3-18)20-6-7-24-23(13-20)32(27(34)37-24)16-22-17-35-11-9-30-22/h2-7,13,21-22,25,29-30H,1,8-12,15-17H2,(H,31,33). The second-order valence-corrected chi connectivity index (χ2v) is 9.40. The van der Waals surface area contributed by atoms with E-state index >= 15 is 0 Å². The number of hydrogen-bond acceptors (Lipinski definition) is 8. The topological polar surface area (TPSA) is 131 Å². The lowest BCUT2D eigenvalue weighted by atomic mass is 10.0. The Morgan fingerprint density at radius 2 is 2.00 bits per heavy atom. The molecule has 3 N–H and O–H groups in total. The van der Waals surface area contributed by atoms with E-state index in [1.165, 1.54) is 0 Å². The monoisotopic (exact) mass is 505 g/mol. The lowest BCUT2D eigenvalue weighted by molar-refractivity contribution is -0.132. The van der Waals surface area contributed by atoms with Crippen molar-refractivity contribution in [1.29, 1.82) is 5.26 Å². The Hall–Kier alpha value is -3.49. The summed E-state index contributed by atoms with van der Waals surface area (Å²) in [6.45, 7) is 4.23. The summed E-state index contributed by atoms with van der Waals surface area (Å²) in [5.74, 6) is -0.656. The molecule has 2 aliphatic rings. The molecule has 3 aromatic rings. The molecule has 2 aromatic carbocycles. The Bertz CT molecular complexity index is 1310. The van der Waals surface area contributed by atoms with E-state index in [0.717, 1.165) is 41.7 Å². The van der Waals surface area contributed by atoms with Crippen LogP contribution in [-0.2, 0) is 27.2 Å². The third-order valence-electron chi connectivity index (χ3n) is 6.71. The number of amides is 1. The van der Waals surface area contributed by atoms with Gasteiger partial charge in [-0.25, -0.2) is 4.79 Å². The number of carbonyl (C=O) groups is 1. The number of nitrogens with zero attached hydrogens (tertiary/aromatic N) is 2.